The number of rotatable bonds is 4. The second kappa shape index (κ2) is 6.44. The topological polar surface area (TPSA) is 28.5 Å². The van der Waals surface area contributed by atoms with Gasteiger partial charge in [-0.2, -0.15) is 0 Å². The van der Waals surface area contributed by atoms with E-state index in [1.54, 1.807) is 0 Å². The van der Waals surface area contributed by atoms with E-state index in [1.165, 1.54) is 5.69 Å². The Morgan fingerprint density at radius 1 is 1.25 bits per heavy atom. The van der Waals surface area contributed by atoms with Gasteiger partial charge in [0.05, 0.1) is 0 Å². The largest absolute Gasteiger partial charge is 0.339 e. The van der Waals surface area contributed by atoms with Crippen LogP contribution in [0.4, 0.5) is 0 Å². The average Bonchev–Trinajstić information content (AvgIpc) is 2.69. The van der Waals surface area contributed by atoms with E-state index in [0.717, 1.165) is 44.8 Å². The van der Waals surface area contributed by atoms with Crippen molar-refractivity contribution >= 4 is 5.91 Å². The average molecular weight is 277 g/mol. The lowest BCUT2D eigenvalue weighted by atomic mass is 10.2. The molecular weight excluding hydrogens is 250 g/mol. The smallest absolute Gasteiger partial charge is 0.270 e. The molecule has 4 heteroatoms. The van der Waals surface area contributed by atoms with Crippen molar-refractivity contribution in [3.8, 4) is 0 Å². The van der Waals surface area contributed by atoms with Gasteiger partial charge in [0, 0.05) is 44.5 Å². The van der Waals surface area contributed by atoms with Crippen molar-refractivity contribution in [3.63, 3.8) is 0 Å². The molecule has 0 unspecified atom stereocenters. The van der Waals surface area contributed by atoms with Crippen LogP contribution in [0.5, 0.6) is 0 Å². The number of nitrogens with zero attached hydrogens (tertiary/aromatic N) is 3. The summed E-state index contributed by atoms with van der Waals surface area (Å²) in [4.78, 5) is 16.9. The van der Waals surface area contributed by atoms with Crippen molar-refractivity contribution < 1.29 is 4.79 Å². The molecule has 0 spiro atoms. The van der Waals surface area contributed by atoms with Crippen molar-refractivity contribution in [1.29, 1.82) is 0 Å². The van der Waals surface area contributed by atoms with E-state index < -0.39 is 0 Å². The van der Waals surface area contributed by atoms with Crippen molar-refractivity contribution in [3.05, 3.63) is 23.5 Å². The molecule has 1 aromatic rings. The normalized spacial score (nSPS) is 16.1. The summed E-state index contributed by atoms with van der Waals surface area (Å²) < 4.78 is 2.23. The molecule has 1 aliphatic heterocycles. The van der Waals surface area contributed by atoms with Gasteiger partial charge < -0.3 is 9.47 Å². The van der Waals surface area contributed by atoms with Gasteiger partial charge in [-0.15, -0.1) is 0 Å². The number of carbonyl (C=O) groups excluding carboxylic acids is 1. The molecule has 1 aliphatic rings. The Kier molecular flexibility index (Phi) is 4.86. The van der Waals surface area contributed by atoms with Gasteiger partial charge in [-0.25, -0.2) is 0 Å². The molecule has 0 fully saturated rings. The SMILES string of the molecule is CCN(CC)C(=O)c1ccc2n1CCCN(C(C)C)C2. The molecule has 0 atom stereocenters. The molecule has 0 radical (unpaired) electrons. The highest BCUT2D eigenvalue weighted by Gasteiger charge is 2.22. The fourth-order valence-corrected chi connectivity index (χ4v) is 2.93. The van der Waals surface area contributed by atoms with E-state index in [2.05, 4.69) is 29.4 Å². The van der Waals surface area contributed by atoms with E-state index in [4.69, 9.17) is 0 Å². The van der Waals surface area contributed by atoms with Gasteiger partial charge in [0.15, 0.2) is 0 Å². The van der Waals surface area contributed by atoms with Crippen LogP contribution in [-0.2, 0) is 13.1 Å². The summed E-state index contributed by atoms with van der Waals surface area (Å²) in [5.41, 5.74) is 2.13. The molecule has 112 valence electrons. The summed E-state index contributed by atoms with van der Waals surface area (Å²) in [7, 11) is 0. The minimum Gasteiger partial charge on any atom is -0.339 e. The third kappa shape index (κ3) is 2.90. The number of fused-ring (bicyclic) bond motifs is 1. The summed E-state index contributed by atoms with van der Waals surface area (Å²) in [6, 6.07) is 4.68. The highest BCUT2D eigenvalue weighted by molar-refractivity contribution is 5.93. The number of hydrogen-bond donors (Lipinski definition) is 0. The highest BCUT2D eigenvalue weighted by Crippen LogP contribution is 2.19. The zero-order valence-electron chi connectivity index (χ0n) is 13.2. The Hall–Kier alpha value is -1.29. The Morgan fingerprint density at radius 2 is 1.95 bits per heavy atom. The van der Waals surface area contributed by atoms with E-state index in [9.17, 15) is 4.79 Å². The molecule has 2 heterocycles. The van der Waals surface area contributed by atoms with Gasteiger partial charge in [0.2, 0.25) is 0 Å². The molecule has 4 nitrogen and oxygen atoms in total. The summed E-state index contributed by atoms with van der Waals surface area (Å²) in [6.07, 6.45) is 1.11. The summed E-state index contributed by atoms with van der Waals surface area (Å²) in [6.45, 7) is 13.1. The van der Waals surface area contributed by atoms with Crippen LogP contribution in [0.25, 0.3) is 0 Å². The maximum atomic E-state index is 12.6. The van der Waals surface area contributed by atoms with E-state index >= 15 is 0 Å². The lowest BCUT2D eigenvalue weighted by Crippen LogP contribution is -2.32. The summed E-state index contributed by atoms with van der Waals surface area (Å²) in [5.74, 6) is 0.166. The lowest BCUT2D eigenvalue weighted by Gasteiger charge is -2.23. The second-order valence-electron chi connectivity index (χ2n) is 5.76. The molecule has 0 saturated heterocycles. The van der Waals surface area contributed by atoms with E-state index in [1.807, 2.05) is 24.8 Å². The second-order valence-corrected chi connectivity index (χ2v) is 5.76. The van der Waals surface area contributed by atoms with Crippen molar-refractivity contribution in [2.75, 3.05) is 19.6 Å². The number of carbonyl (C=O) groups is 1. The summed E-state index contributed by atoms with van der Waals surface area (Å²) >= 11 is 0. The number of hydrogen-bond acceptors (Lipinski definition) is 2. The van der Waals surface area contributed by atoms with Gasteiger partial charge in [0.25, 0.3) is 5.91 Å². The minimum atomic E-state index is 0.166. The van der Waals surface area contributed by atoms with E-state index in [-0.39, 0.29) is 5.91 Å². The third-order valence-corrected chi connectivity index (χ3v) is 4.26. The predicted molar refractivity (Wildman–Crippen MR) is 81.8 cm³/mol. The Labute approximate surface area is 122 Å². The van der Waals surface area contributed by atoms with Crippen LogP contribution in [0.3, 0.4) is 0 Å². The standard InChI is InChI=1S/C16H27N3O/c1-5-17(6-2)16(20)15-9-8-14-12-18(13(3)4)10-7-11-19(14)15/h8-9,13H,5-7,10-12H2,1-4H3. The zero-order chi connectivity index (χ0) is 14.7. The molecular formula is C16H27N3O. The predicted octanol–water partition coefficient (Wildman–Crippen LogP) is 2.58. The summed E-state index contributed by atoms with van der Waals surface area (Å²) in [5, 5.41) is 0. The van der Waals surface area contributed by atoms with Crippen LogP contribution in [0.15, 0.2) is 12.1 Å². The first kappa shape index (κ1) is 15.1. The zero-order valence-corrected chi connectivity index (χ0v) is 13.2. The van der Waals surface area contributed by atoms with Crippen LogP contribution in [0, 0.1) is 0 Å². The van der Waals surface area contributed by atoms with Gasteiger partial charge in [-0.1, -0.05) is 0 Å². The Bertz CT molecular complexity index is 460. The highest BCUT2D eigenvalue weighted by atomic mass is 16.2. The Balaban J connectivity index is 2.25. The fraction of sp³-hybridized carbons (Fsp3) is 0.688. The van der Waals surface area contributed by atoms with Crippen LogP contribution in [0.1, 0.15) is 50.3 Å². The van der Waals surface area contributed by atoms with Crippen LogP contribution >= 0.6 is 0 Å². The maximum absolute atomic E-state index is 12.6. The van der Waals surface area contributed by atoms with Gasteiger partial charge in [-0.05, 0) is 46.2 Å². The van der Waals surface area contributed by atoms with Gasteiger partial charge >= 0.3 is 0 Å². The monoisotopic (exact) mass is 277 g/mol. The molecule has 1 amide bonds. The minimum absolute atomic E-state index is 0.166. The molecule has 20 heavy (non-hydrogen) atoms. The third-order valence-electron chi connectivity index (χ3n) is 4.26. The first-order valence-electron chi connectivity index (χ1n) is 7.80. The van der Waals surface area contributed by atoms with Gasteiger partial charge in [0.1, 0.15) is 5.69 Å². The van der Waals surface area contributed by atoms with Gasteiger partial charge in [-0.3, -0.25) is 9.69 Å². The first-order valence-corrected chi connectivity index (χ1v) is 7.80. The number of amides is 1. The van der Waals surface area contributed by atoms with Crippen LogP contribution in [0.2, 0.25) is 0 Å². The quantitative estimate of drug-likeness (QED) is 0.846. The molecule has 2 rings (SSSR count). The molecule has 0 aliphatic carbocycles. The van der Waals surface area contributed by atoms with Crippen molar-refractivity contribution in [2.45, 2.75) is 53.2 Å². The molecule has 0 bridgehead atoms. The van der Waals surface area contributed by atoms with E-state index in [0.29, 0.717) is 6.04 Å². The van der Waals surface area contributed by atoms with Crippen molar-refractivity contribution in [2.24, 2.45) is 0 Å². The molecule has 0 aromatic carbocycles. The molecule has 0 N–H and O–H groups in total. The van der Waals surface area contributed by atoms with Crippen LogP contribution in [-0.4, -0.2) is 46.0 Å². The molecule has 1 aromatic heterocycles. The van der Waals surface area contributed by atoms with Crippen LogP contribution < -0.4 is 0 Å². The first-order chi connectivity index (χ1) is 9.58. The molecule has 0 saturated carbocycles. The number of aromatic nitrogens is 1. The lowest BCUT2D eigenvalue weighted by molar-refractivity contribution is 0.0761. The van der Waals surface area contributed by atoms with Crippen molar-refractivity contribution in [1.82, 2.24) is 14.4 Å². The fourth-order valence-electron chi connectivity index (χ4n) is 2.93. The maximum Gasteiger partial charge on any atom is 0.270 e. The Morgan fingerprint density at radius 3 is 2.55 bits per heavy atom.